The third kappa shape index (κ3) is 1.87. The normalized spacial score (nSPS) is 23.5. The Balaban J connectivity index is 2.04. The molecule has 1 aliphatic heterocycles. The highest BCUT2D eigenvalue weighted by Gasteiger charge is 2.49. The van der Waals surface area contributed by atoms with Crippen LogP contribution < -0.4 is 0 Å². The molecule has 110 valence electrons. The van der Waals surface area contributed by atoms with Crippen molar-refractivity contribution < 1.29 is 4.74 Å². The van der Waals surface area contributed by atoms with Crippen LogP contribution in [0.2, 0.25) is 0 Å². The molecule has 1 heterocycles. The Morgan fingerprint density at radius 1 is 0.714 bits per heavy atom. The van der Waals surface area contributed by atoms with E-state index in [9.17, 15) is 0 Å². The summed E-state index contributed by atoms with van der Waals surface area (Å²) in [6.45, 7) is 13.7. The maximum atomic E-state index is 5.90. The summed E-state index contributed by atoms with van der Waals surface area (Å²) >= 11 is 0. The largest absolute Gasteiger partial charge is 0.359 e. The fraction of sp³-hybridized carbons (Fsp3) is 0.500. The van der Waals surface area contributed by atoms with Crippen molar-refractivity contribution in [1.82, 2.24) is 0 Å². The van der Waals surface area contributed by atoms with Crippen molar-refractivity contribution in [3.05, 3.63) is 46.5 Å². The molecule has 1 fully saturated rings. The molecule has 0 bridgehead atoms. The Morgan fingerprint density at radius 2 is 1.14 bits per heavy atom. The maximum Gasteiger partial charge on any atom is 0.114 e. The molecule has 2 unspecified atom stereocenters. The van der Waals surface area contributed by atoms with Crippen LogP contribution >= 0.6 is 0 Å². The van der Waals surface area contributed by atoms with Gasteiger partial charge in [0, 0.05) is 0 Å². The maximum absolute atomic E-state index is 5.90. The van der Waals surface area contributed by atoms with Gasteiger partial charge in [-0.25, -0.2) is 0 Å². The van der Waals surface area contributed by atoms with Gasteiger partial charge in [-0.2, -0.15) is 0 Å². The van der Waals surface area contributed by atoms with E-state index >= 15 is 0 Å². The van der Waals surface area contributed by atoms with Gasteiger partial charge >= 0.3 is 0 Å². The number of benzene rings is 2. The van der Waals surface area contributed by atoms with E-state index in [1.807, 2.05) is 0 Å². The van der Waals surface area contributed by atoms with Crippen LogP contribution in [0, 0.1) is 0 Å². The van der Waals surface area contributed by atoms with Gasteiger partial charge in [0.25, 0.3) is 0 Å². The predicted octanol–water partition coefficient (Wildman–Crippen LogP) is 5.56. The van der Waals surface area contributed by atoms with Gasteiger partial charge in [-0.1, -0.05) is 65.8 Å². The Labute approximate surface area is 127 Å². The van der Waals surface area contributed by atoms with E-state index in [1.165, 1.54) is 33.0 Å². The van der Waals surface area contributed by atoms with Crippen LogP contribution in [0.25, 0.3) is 10.8 Å². The highest BCUT2D eigenvalue weighted by atomic mass is 16.6. The lowest BCUT2D eigenvalue weighted by atomic mass is 9.81. The fourth-order valence-electron chi connectivity index (χ4n) is 3.48. The third-order valence-corrected chi connectivity index (χ3v) is 4.95. The molecule has 1 nitrogen and oxygen atoms in total. The zero-order chi connectivity index (χ0) is 15.2. The second-order valence-corrected chi connectivity index (χ2v) is 8.71. The number of rotatable bonds is 0. The minimum absolute atomic E-state index is 0.176. The average Bonchev–Trinajstić information content (AvgIpc) is 3.08. The minimum atomic E-state index is 0.176. The highest BCUT2D eigenvalue weighted by molar-refractivity contribution is 5.94. The molecule has 2 aromatic carbocycles. The van der Waals surface area contributed by atoms with Gasteiger partial charge in [-0.15, -0.1) is 0 Å². The van der Waals surface area contributed by atoms with Gasteiger partial charge < -0.3 is 4.74 Å². The van der Waals surface area contributed by atoms with Gasteiger partial charge in [0.05, 0.1) is 0 Å². The number of hydrogen-bond acceptors (Lipinski definition) is 1. The molecule has 1 saturated heterocycles. The van der Waals surface area contributed by atoms with E-state index in [0.29, 0.717) is 12.2 Å². The zero-order valence-corrected chi connectivity index (χ0v) is 13.9. The van der Waals surface area contributed by atoms with Crippen LogP contribution in [0.15, 0.2) is 24.3 Å². The molecule has 1 aliphatic carbocycles. The van der Waals surface area contributed by atoms with E-state index in [4.69, 9.17) is 4.74 Å². The Bertz CT molecular complexity index is 695. The number of epoxide rings is 1. The first-order valence-electron chi connectivity index (χ1n) is 7.94. The average molecular weight is 280 g/mol. The van der Waals surface area contributed by atoms with Gasteiger partial charge in [0.1, 0.15) is 12.2 Å². The molecule has 2 aliphatic rings. The van der Waals surface area contributed by atoms with Gasteiger partial charge in [-0.3, -0.25) is 0 Å². The molecule has 0 saturated carbocycles. The van der Waals surface area contributed by atoms with Crippen LogP contribution in [0.1, 0.15) is 76.0 Å². The number of ether oxygens (including phenoxy) is 1. The molecule has 0 N–H and O–H groups in total. The molecule has 2 atom stereocenters. The summed E-state index contributed by atoms with van der Waals surface area (Å²) in [7, 11) is 0. The Morgan fingerprint density at radius 3 is 1.52 bits per heavy atom. The summed E-state index contributed by atoms with van der Waals surface area (Å²) in [5.41, 5.74) is 6.01. The van der Waals surface area contributed by atoms with Crippen molar-refractivity contribution in [2.24, 2.45) is 0 Å². The molecule has 0 radical (unpaired) electrons. The van der Waals surface area contributed by atoms with Gasteiger partial charge in [0.2, 0.25) is 0 Å². The molecular weight excluding hydrogens is 256 g/mol. The lowest BCUT2D eigenvalue weighted by Gasteiger charge is -2.23. The van der Waals surface area contributed by atoms with Crippen molar-refractivity contribution in [1.29, 1.82) is 0 Å². The van der Waals surface area contributed by atoms with E-state index in [0.717, 1.165) is 0 Å². The Hall–Kier alpha value is -1.34. The first-order valence-corrected chi connectivity index (χ1v) is 7.94. The lowest BCUT2D eigenvalue weighted by molar-refractivity contribution is 0.374. The molecule has 21 heavy (non-hydrogen) atoms. The predicted molar refractivity (Wildman–Crippen MR) is 87.9 cm³/mol. The van der Waals surface area contributed by atoms with E-state index < -0.39 is 0 Å². The third-order valence-electron chi connectivity index (χ3n) is 4.95. The second kappa shape index (κ2) is 3.70. The standard InChI is InChI=1S/C20H24O/c1-19(2,3)12-7-11-8-13(20(4,5)6)10-15-16(11)14(9-12)17-18(15)21-17/h7-10,17-18H,1-6H3. The van der Waals surface area contributed by atoms with Crippen LogP contribution in [0.4, 0.5) is 0 Å². The SMILES string of the molecule is CC(C)(C)c1cc2c3c(cc(C(C)(C)C)cc3c1)C1OC21. The van der Waals surface area contributed by atoms with Crippen LogP contribution in [0.3, 0.4) is 0 Å². The molecule has 0 amide bonds. The van der Waals surface area contributed by atoms with Crippen molar-refractivity contribution in [3.8, 4) is 0 Å². The second-order valence-electron chi connectivity index (χ2n) is 8.71. The summed E-state index contributed by atoms with van der Waals surface area (Å²) in [5.74, 6) is 0. The summed E-state index contributed by atoms with van der Waals surface area (Å²) in [4.78, 5) is 0. The molecule has 0 aromatic heterocycles. The molecular formula is C20H24O. The summed E-state index contributed by atoms with van der Waals surface area (Å²) in [5, 5.41) is 2.85. The van der Waals surface area contributed by atoms with E-state index in [-0.39, 0.29) is 10.8 Å². The fourth-order valence-corrected chi connectivity index (χ4v) is 3.48. The molecule has 0 spiro atoms. The summed E-state index contributed by atoms with van der Waals surface area (Å²) in [6.07, 6.45) is 0.639. The molecule has 2 aromatic rings. The van der Waals surface area contributed by atoms with Gasteiger partial charge in [-0.05, 0) is 43.9 Å². The monoisotopic (exact) mass is 280 g/mol. The van der Waals surface area contributed by atoms with Crippen molar-refractivity contribution >= 4 is 10.8 Å². The van der Waals surface area contributed by atoms with Crippen molar-refractivity contribution in [2.75, 3.05) is 0 Å². The zero-order valence-electron chi connectivity index (χ0n) is 13.9. The van der Waals surface area contributed by atoms with Crippen LogP contribution in [-0.2, 0) is 15.6 Å². The quantitative estimate of drug-likeness (QED) is 0.575. The van der Waals surface area contributed by atoms with Crippen molar-refractivity contribution in [3.63, 3.8) is 0 Å². The molecule has 4 rings (SSSR count). The molecule has 1 heteroatoms. The van der Waals surface area contributed by atoms with E-state index in [2.05, 4.69) is 65.8 Å². The topological polar surface area (TPSA) is 12.5 Å². The Kier molecular flexibility index (Phi) is 2.35. The lowest BCUT2D eigenvalue weighted by Crippen LogP contribution is -2.13. The minimum Gasteiger partial charge on any atom is -0.359 e. The first-order chi connectivity index (χ1) is 9.66. The number of fused-ring (bicyclic) bond motifs is 3. The van der Waals surface area contributed by atoms with Gasteiger partial charge in [0.15, 0.2) is 0 Å². The smallest absolute Gasteiger partial charge is 0.114 e. The van der Waals surface area contributed by atoms with Crippen LogP contribution in [-0.4, -0.2) is 0 Å². The van der Waals surface area contributed by atoms with Crippen molar-refractivity contribution in [2.45, 2.75) is 64.6 Å². The first kappa shape index (κ1) is 13.3. The summed E-state index contributed by atoms with van der Waals surface area (Å²) < 4.78 is 5.90. The van der Waals surface area contributed by atoms with Crippen LogP contribution in [0.5, 0.6) is 0 Å². The highest BCUT2D eigenvalue weighted by Crippen LogP contribution is 2.61. The van der Waals surface area contributed by atoms with E-state index in [1.54, 1.807) is 0 Å². The summed E-state index contributed by atoms with van der Waals surface area (Å²) in [6, 6.07) is 9.53. The number of hydrogen-bond donors (Lipinski definition) is 0.